The third-order valence-corrected chi connectivity index (χ3v) is 14.1. The molecule has 6 rings (SSSR count). The molecule has 0 spiro atoms. The molecule has 0 aliphatic heterocycles. The number of esters is 1. The standard InChI is InChI=1S/C32H49NO5/c1-18-21(16-25(18)33-17-34)28(35)38-26-11-14-30(3)22(19(26)2)9-13-31(4)23-10-15-32(29(36)37)12-5-6-24(32)20(23)7-8-27(30)31/h17-27H,5-16H2,1-4H3,(H,33,34)(H,36,37). The lowest BCUT2D eigenvalue weighted by atomic mass is 9.37. The third-order valence-electron chi connectivity index (χ3n) is 14.1. The van der Waals surface area contributed by atoms with Gasteiger partial charge in [-0.1, -0.05) is 34.1 Å². The number of hydrogen-bond donors (Lipinski definition) is 2. The Balaban J connectivity index is 1.16. The molecule has 13 unspecified atom stereocenters. The van der Waals surface area contributed by atoms with Crippen LogP contribution in [-0.4, -0.2) is 35.6 Å². The van der Waals surface area contributed by atoms with Crippen molar-refractivity contribution in [1.29, 1.82) is 0 Å². The number of fused-ring (bicyclic) bond motifs is 7. The molecule has 212 valence electrons. The Labute approximate surface area is 228 Å². The largest absolute Gasteiger partial charge is 0.481 e. The average Bonchev–Trinajstić information content (AvgIpc) is 3.34. The van der Waals surface area contributed by atoms with Gasteiger partial charge in [-0.15, -0.1) is 0 Å². The zero-order valence-electron chi connectivity index (χ0n) is 23.9. The molecule has 13 atom stereocenters. The van der Waals surface area contributed by atoms with Gasteiger partial charge >= 0.3 is 11.9 Å². The number of nitrogens with one attached hydrogen (secondary N) is 1. The van der Waals surface area contributed by atoms with E-state index in [4.69, 9.17) is 4.74 Å². The number of amides is 1. The van der Waals surface area contributed by atoms with Crippen LogP contribution in [0, 0.1) is 63.6 Å². The zero-order chi connectivity index (χ0) is 27.0. The molecule has 0 bridgehead atoms. The Bertz CT molecular complexity index is 983. The van der Waals surface area contributed by atoms with Crippen molar-refractivity contribution in [2.45, 2.75) is 117 Å². The molecular weight excluding hydrogens is 478 g/mol. The van der Waals surface area contributed by atoms with Gasteiger partial charge in [0, 0.05) is 6.04 Å². The molecule has 6 fully saturated rings. The van der Waals surface area contributed by atoms with Crippen molar-refractivity contribution in [2.75, 3.05) is 0 Å². The third kappa shape index (κ3) is 3.59. The summed E-state index contributed by atoms with van der Waals surface area (Å²) < 4.78 is 6.22. The lowest BCUT2D eigenvalue weighted by Crippen LogP contribution is -2.62. The molecule has 6 nitrogen and oxygen atoms in total. The number of carboxylic acid groups (broad SMARTS) is 1. The van der Waals surface area contributed by atoms with Gasteiger partial charge in [-0.3, -0.25) is 14.4 Å². The van der Waals surface area contributed by atoms with Gasteiger partial charge in [0.25, 0.3) is 0 Å². The van der Waals surface area contributed by atoms with Crippen molar-refractivity contribution < 1.29 is 24.2 Å². The molecule has 0 aromatic heterocycles. The maximum absolute atomic E-state index is 13.1. The fourth-order valence-electron chi connectivity index (χ4n) is 12.0. The number of aliphatic carboxylic acids is 1. The first kappa shape index (κ1) is 26.6. The molecule has 1 amide bonds. The topological polar surface area (TPSA) is 92.7 Å². The van der Waals surface area contributed by atoms with Crippen molar-refractivity contribution in [3.05, 3.63) is 0 Å². The van der Waals surface area contributed by atoms with Crippen LogP contribution >= 0.6 is 0 Å². The maximum Gasteiger partial charge on any atom is 0.309 e. The number of rotatable bonds is 5. The summed E-state index contributed by atoms with van der Waals surface area (Å²) in [5.41, 5.74) is 0.121. The molecule has 6 saturated carbocycles. The van der Waals surface area contributed by atoms with E-state index in [0.717, 1.165) is 51.4 Å². The van der Waals surface area contributed by atoms with Gasteiger partial charge in [0.2, 0.25) is 6.41 Å². The molecule has 6 aliphatic rings. The van der Waals surface area contributed by atoms with E-state index in [9.17, 15) is 19.5 Å². The summed E-state index contributed by atoms with van der Waals surface area (Å²) >= 11 is 0. The minimum atomic E-state index is -0.519. The van der Waals surface area contributed by atoms with Gasteiger partial charge in [0.05, 0.1) is 11.3 Å². The highest BCUT2D eigenvalue weighted by atomic mass is 16.5. The van der Waals surface area contributed by atoms with Gasteiger partial charge in [-0.05, 0) is 123 Å². The lowest BCUT2D eigenvalue weighted by Gasteiger charge is -2.67. The molecular formula is C32H49NO5. The summed E-state index contributed by atoms with van der Waals surface area (Å²) in [5, 5.41) is 13.1. The van der Waals surface area contributed by atoms with E-state index in [2.05, 4.69) is 26.1 Å². The predicted octanol–water partition coefficient (Wildman–Crippen LogP) is 5.83. The van der Waals surface area contributed by atoms with Crippen molar-refractivity contribution in [2.24, 2.45) is 63.6 Å². The highest BCUT2D eigenvalue weighted by molar-refractivity contribution is 5.76. The summed E-state index contributed by atoms with van der Waals surface area (Å²) in [4.78, 5) is 36.3. The van der Waals surface area contributed by atoms with Crippen LogP contribution in [-0.2, 0) is 19.1 Å². The second-order valence-electron chi connectivity index (χ2n) is 15.0. The van der Waals surface area contributed by atoms with Crippen molar-refractivity contribution in [1.82, 2.24) is 5.32 Å². The molecule has 0 aromatic carbocycles. The quantitative estimate of drug-likeness (QED) is 0.347. The van der Waals surface area contributed by atoms with Crippen LogP contribution in [0.3, 0.4) is 0 Å². The lowest BCUT2D eigenvalue weighted by molar-refractivity contribution is -0.207. The fraction of sp³-hybridized carbons (Fsp3) is 0.906. The first-order chi connectivity index (χ1) is 18.1. The van der Waals surface area contributed by atoms with Crippen LogP contribution in [0.4, 0.5) is 0 Å². The Hall–Kier alpha value is -1.59. The highest BCUT2D eigenvalue weighted by Gasteiger charge is 2.66. The zero-order valence-corrected chi connectivity index (χ0v) is 23.9. The van der Waals surface area contributed by atoms with Crippen LogP contribution in [0.15, 0.2) is 0 Å². The smallest absolute Gasteiger partial charge is 0.309 e. The van der Waals surface area contributed by atoms with Gasteiger partial charge in [-0.2, -0.15) is 0 Å². The molecule has 6 heteroatoms. The van der Waals surface area contributed by atoms with Gasteiger partial charge in [0.15, 0.2) is 0 Å². The summed E-state index contributed by atoms with van der Waals surface area (Å²) in [7, 11) is 0. The van der Waals surface area contributed by atoms with Crippen molar-refractivity contribution in [3.63, 3.8) is 0 Å². The van der Waals surface area contributed by atoms with Crippen LogP contribution in [0.1, 0.15) is 105 Å². The monoisotopic (exact) mass is 527 g/mol. The summed E-state index contributed by atoms with van der Waals surface area (Å²) in [6.07, 6.45) is 13.4. The SMILES string of the molecule is CC1C(NC=O)CC1C(=O)OC1CCC2(C)C(CCC3(C)C4CCC5(C(=O)O)CCCC5C4CCC23)C1C. The van der Waals surface area contributed by atoms with E-state index in [-0.39, 0.29) is 35.4 Å². The fourth-order valence-corrected chi connectivity index (χ4v) is 12.0. The minimum absolute atomic E-state index is 0.00379. The van der Waals surface area contributed by atoms with Crippen LogP contribution < -0.4 is 5.32 Å². The average molecular weight is 528 g/mol. The Morgan fingerprint density at radius 2 is 1.58 bits per heavy atom. The van der Waals surface area contributed by atoms with Gasteiger partial charge in [0.1, 0.15) is 6.10 Å². The summed E-state index contributed by atoms with van der Waals surface area (Å²) in [5.74, 6) is 2.68. The molecule has 0 aromatic rings. The molecule has 0 saturated heterocycles. The number of hydrogen-bond acceptors (Lipinski definition) is 4. The highest BCUT2D eigenvalue weighted by Crippen LogP contribution is 2.71. The van der Waals surface area contributed by atoms with Crippen LogP contribution in [0.25, 0.3) is 0 Å². The number of carboxylic acids is 1. The summed E-state index contributed by atoms with van der Waals surface area (Å²) in [6, 6.07) is 0.0907. The molecule has 38 heavy (non-hydrogen) atoms. The molecule has 0 radical (unpaired) electrons. The molecule has 0 heterocycles. The predicted molar refractivity (Wildman–Crippen MR) is 144 cm³/mol. The van der Waals surface area contributed by atoms with E-state index in [1.54, 1.807) is 0 Å². The van der Waals surface area contributed by atoms with E-state index in [0.29, 0.717) is 47.3 Å². The second kappa shape index (κ2) is 9.23. The van der Waals surface area contributed by atoms with E-state index < -0.39 is 11.4 Å². The first-order valence-corrected chi connectivity index (χ1v) is 15.7. The number of carbonyl (C=O) groups is 3. The summed E-state index contributed by atoms with van der Waals surface area (Å²) in [6.45, 7) is 9.50. The van der Waals surface area contributed by atoms with E-state index in [1.807, 2.05) is 6.92 Å². The maximum atomic E-state index is 13.1. The van der Waals surface area contributed by atoms with Crippen molar-refractivity contribution >= 4 is 18.3 Å². The van der Waals surface area contributed by atoms with Crippen LogP contribution in [0.5, 0.6) is 0 Å². The van der Waals surface area contributed by atoms with Crippen molar-refractivity contribution in [3.8, 4) is 0 Å². The number of ether oxygens (including phenoxy) is 1. The van der Waals surface area contributed by atoms with Gasteiger partial charge < -0.3 is 15.2 Å². The van der Waals surface area contributed by atoms with E-state index in [1.165, 1.54) is 25.7 Å². The normalized spacial score (nSPS) is 53.3. The molecule has 2 N–H and O–H groups in total. The number of carbonyl (C=O) groups excluding carboxylic acids is 2. The first-order valence-electron chi connectivity index (χ1n) is 15.7. The Morgan fingerprint density at radius 1 is 0.868 bits per heavy atom. The van der Waals surface area contributed by atoms with Gasteiger partial charge in [-0.25, -0.2) is 0 Å². The van der Waals surface area contributed by atoms with Crippen LogP contribution in [0.2, 0.25) is 0 Å². The molecule has 6 aliphatic carbocycles. The Morgan fingerprint density at radius 3 is 2.29 bits per heavy atom. The minimum Gasteiger partial charge on any atom is -0.481 e. The second-order valence-corrected chi connectivity index (χ2v) is 15.0. The van der Waals surface area contributed by atoms with E-state index >= 15 is 0 Å². The Kier molecular flexibility index (Phi) is 6.46.